The molecule has 0 saturated carbocycles. The average Bonchev–Trinajstić information content (AvgIpc) is 2.93. The van der Waals surface area contributed by atoms with Gasteiger partial charge in [-0.3, -0.25) is 19.2 Å². The summed E-state index contributed by atoms with van der Waals surface area (Å²) < 4.78 is 31.6. The van der Waals surface area contributed by atoms with Crippen LogP contribution < -0.4 is 15.5 Å². The van der Waals surface area contributed by atoms with Crippen LogP contribution in [-0.4, -0.2) is 91.4 Å². The fourth-order valence-corrected chi connectivity index (χ4v) is 4.91. The number of nitrogens with zero attached hydrogens (tertiary/aromatic N) is 4. The van der Waals surface area contributed by atoms with E-state index in [-0.39, 0.29) is 29.7 Å². The molecule has 1 aromatic heterocycles. The Morgan fingerprint density at radius 2 is 2.08 bits per heavy atom. The van der Waals surface area contributed by atoms with Gasteiger partial charge in [0.2, 0.25) is 18.0 Å². The Balaban J connectivity index is 1.52. The highest BCUT2D eigenvalue weighted by Crippen LogP contribution is 2.39. The quantitative estimate of drug-likeness (QED) is 0.378. The van der Waals surface area contributed by atoms with E-state index in [4.69, 9.17) is 14.2 Å². The Morgan fingerprint density at radius 1 is 1.31 bits per heavy atom. The van der Waals surface area contributed by atoms with Crippen LogP contribution in [-0.2, 0) is 9.47 Å². The maximum absolute atomic E-state index is 14.2. The van der Waals surface area contributed by atoms with Gasteiger partial charge in [0, 0.05) is 45.7 Å². The molecule has 210 valence electrons. The number of morpholine rings is 1. The first-order valence-electron chi connectivity index (χ1n) is 12.9. The third-order valence-corrected chi connectivity index (χ3v) is 7.02. The van der Waals surface area contributed by atoms with Crippen molar-refractivity contribution in [3.8, 4) is 5.75 Å². The molecule has 4 rings (SSSR count). The lowest BCUT2D eigenvalue weighted by atomic mass is 9.84. The summed E-state index contributed by atoms with van der Waals surface area (Å²) in [6.07, 6.45) is 2.29. The van der Waals surface area contributed by atoms with Crippen LogP contribution >= 0.6 is 0 Å². The summed E-state index contributed by atoms with van der Waals surface area (Å²) in [7, 11) is 1.62. The third-order valence-electron chi connectivity index (χ3n) is 7.02. The highest BCUT2D eigenvalue weighted by atomic mass is 19.1. The van der Waals surface area contributed by atoms with Crippen molar-refractivity contribution in [1.29, 1.82) is 0 Å². The Hall–Kier alpha value is -3.77. The Labute approximate surface area is 226 Å². The lowest BCUT2D eigenvalue weighted by Gasteiger charge is -2.38. The molecule has 2 aromatic rings. The van der Waals surface area contributed by atoms with Crippen LogP contribution in [0.5, 0.6) is 5.75 Å². The standard InChI is InChI=1S/C27H34FN5O6/c1-4-18(2)23(19-6-5-7-20(28)14-19)21-16-31(3)26(35)24-25(22(34)15-30-33(21)24)38-17-39-27(36)29-8-9-32-10-12-37-13-11-32/h4-7,14-15,21,23H,8-13,16-17H2,1-3H3,(H,29,36)/b18-4+/t21-,23?/m1/s1. The summed E-state index contributed by atoms with van der Waals surface area (Å²) in [6, 6.07) is 5.83. The number of hydrogen-bond acceptors (Lipinski definition) is 8. The van der Waals surface area contributed by atoms with E-state index < -0.39 is 30.3 Å². The molecule has 2 aliphatic rings. The highest BCUT2D eigenvalue weighted by molar-refractivity contribution is 5.95. The minimum atomic E-state index is -0.706. The van der Waals surface area contributed by atoms with E-state index in [1.165, 1.54) is 21.7 Å². The normalized spacial score (nSPS) is 18.9. The van der Waals surface area contributed by atoms with Gasteiger partial charge in [-0.1, -0.05) is 23.8 Å². The number of allylic oxidation sites excluding steroid dienone is 2. The number of aromatic nitrogens is 2. The van der Waals surface area contributed by atoms with E-state index in [2.05, 4.69) is 15.3 Å². The minimum Gasteiger partial charge on any atom is -0.451 e. The average molecular weight is 544 g/mol. The van der Waals surface area contributed by atoms with Crippen molar-refractivity contribution >= 4 is 12.0 Å². The smallest absolute Gasteiger partial charge is 0.410 e. The largest absolute Gasteiger partial charge is 0.451 e. The molecule has 1 unspecified atom stereocenters. The summed E-state index contributed by atoms with van der Waals surface area (Å²) in [5.74, 6) is -1.43. The first kappa shape index (κ1) is 28.2. The number of carbonyl (C=O) groups is 2. The van der Waals surface area contributed by atoms with Gasteiger partial charge in [-0.05, 0) is 31.5 Å². The Morgan fingerprint density at radius 3 is 2.79 bits per heavy atom. The molecular formula is C27H34FN5O6. The van der Waals surface area contributed by atoms with Crippen molar-refractivity contribution in [3.05, 3.63) is 69.4 Å². The van der Waals surface area contributed by atoms with Crippen LogP contribution in [0, 0.1) is 5.82 Å². The van der Waals surface area contributed by atoms with Gasteiger partial charge in [0.1, 0.15) is 5.82 Å². The lowest BCUT2D eigenvalue weighted by Crippen LogP contribution is -2.45. The van der Waals surface area contributed by atoms with E-state index in [0.717, 1.165) is 24.9 Å². The molecule has 0 radical (unpaired) electrons. The van der Waals surface area contributed by atoms with Gasteiger partial charge in [0.15, 0.2) is 5.69 Å². The van der Waals surface area contributed by atoms with E-state index in [1.807, 2.05) is 26.0 Å². The topological polar surface area (TPSA) is 115 Å². The lowest BCUT2D eigenvalue weighted by molar-refractivity contribution is 0.0363. The maximum Gasteiger partial charge on any atom is 0.410 e. The van der Waals surface area contributed by atoms with Crippen molar-refractivity contribution in [1.82, 2.24) is 24.9 Å². The van der Waals surface area contributed by atoms with E-state index in [1.54, 1.807) is 13.1 Å². The second kappa shape index (κ2) is 12.9. The van der Waals surface area contributed by atoms with E-state index >= 15 is 0 Å². The number of halogens is 1. The Kier molecular flexibility index (Phi) is 9.31. The molecule has 11 nitrogen and oxygen atoms in total. The van der Waals surface area contributed by atoms with Crippen molar-refractivity contribution in [2.24, 2.45) is 0 Å². The van der Waals surface area contributed by atoms with Gasteiger partial charge in [-0.25, -0.2) is 9.18 Å². The first-order valence-corrected chi connectivity index (χ1v) is 12.9. The monoisotopic (exact) mass is 543 g/mol. The first-order chi connectivity index (χ1) is 18.8. The van der Waals surface area contributed by atoms with Crippen LogP contribution in [0.25, 0.3) is 0 Å². The van der Waals surface area contributed by atoms with E-state index in [9.17, 15) is 18.8 Å². The molecule has 0 aliphatic carbocycles. The number of amides is 2. The fraction of sp³-hybridized carbons (Fsp3) is 0.481. The zero-order valence-corrected chi connectivity index (χ0v) is 22.4. The van der Waals surface area contributed by atoms with Crippen LogP contribution in [0.15, 0.2) is 46.9 Å². The number of benzene rings is 1. The molecule has 0 bridgehead atoms. The molecule has 12 heteroatoms. The maximum atomic E-state index is 14.2. The molecule has 3 heterocycles. The summed E-state index contributed by atoms with van der Waals surface area (Å²) in [6.45, 7) is 7.47. The van der Waals surface area contributed by atoms with Crippen molar-refractivity contribution in [3.63, 3.8) is 0 Å². The number of fused-ring (bicyclic) bond motifs is 1. The van der Waals surface area contributed by atoms with Gasteiger partial charge >= 0.3 is 6.09 Å². The molecule has 2 amide bonds. The summed E-state index contributed by atoms with van der Waals surface area (Å²) >= 11 is 0. The van der Waals surface area contributed by atoms with Crippen LogP contribution in [0.4, 0.5) is 9.18 Å². The number of nitrogens with one attached hydrogen (secondary N) is 1. The van der Waals surface area contributed by atoms with Gasteiger partial charge in [0.25, 0.3) is 5.91 Å². The number of alkyl carbamates (subject to hydrolysis) is 1. The summed E-state index contributed by atoms with van der Waals surface area (Å²) in [5, 5.41) is 6.92. The van der Waals surface area contributed by atoms with Gasteiger partial charge < -0.3 is 24.4 Å². The number of ether oxygens (including phenoxy) is 3. The SMILES string of the molecule is C/C=C(\C)C(c1cccc(F)c1)[C@H]1CN(C)C(=O)c2c(OCOC(=O)NCCN3CCOCC3)c(=O)cnn21. The molecule has 1 saturated heterocycles. The zero-order valence-electron chi connectivity index (χ0n) is 22.4. The molecule has 39 heavy (non-hydrogen) atoms. The van der Waals surface area contributed by atoms with Crippen molar-refractivity contribution in [2.45, 2.75) is 25.8 Å². The predicted molar refractivity (Wildman–Crippen MR) is 140 cm³/mol. The number of carbonyl (C=O) groups excluding carboxylic acids is 2. The minimum absolute atomic E-state index is 0.0529. The Bertz CT molecular complexity index is 1280. The fourth-order valence-electron chi connectivity index (χ4n) is 4.91. The third kappa shape index (κ3) is 6.63. The van der Waals surface area contributed by atoms with E-state index in [0.29, 0.717) is 31.9 Å². The second-order valence-electron chi connectivity index (χ2n) is 9.52. The molecule has 1 N–H and O–H groups in total. The molecular weight excluding hydrogens is 509 g/mol. The van der Waals surface area contributed by atoms with Crippen LogP contribution in [0.2, 0.25) is 0 Å². The second-order valence-corrected chi connectivity index (χ2v) is 9.52. The summed E-state index contributed by atoms with van der Waals surface area (Å²) in [4.78, 5) is 41.7. The van der Waals surface area contributed by atoms with Gasteiger partial charge in [-0.15, -0.1) is 0 Å². The zero-order chi connectivity index (χ0) is 27.9. The van der Waals surface area contributed by atoms with Crippen molar-refractivity contribution in [2.75, 3.05) is 59.8 Å². The number of hydrogen-bond donors (Lipinski definition) is 1. The summed E-state index contributed by atoms with van der Waals surface area (Å²) in [5.41, 5.74) is 0.983. The van der Waals surface area contributed by atoms with Crippen LogP contribution in [0.1, 0.15) is 41.9 Å². The highest BCUT2D eigenvalue weighted by Gasteiger charge is 2.38. The predicted octanol–water partition coefficient (Wildman–Crippen LogP) is 2.15. The van der Waals surface area contributed by atoms with Crippen LogP contribution in [0.3, 0.4) is 0 Å². The molecule has 2 atom stereocenters. The molecule has 1 fully saturated rings. The number of likely N-dealkylation sites (N-methyl/N-ethyl adjacent to an activating group) is 1. The molecule has 1 aromatic carbocycles. The van der Waals surface area contributed by atoms with Gasteiger partial charge in [0.05, 0.1) is 25.5 Å². The van der Waals surface area contributed by atoms with Crippen molar-refractivity contribution < 1.29 is 28.2 Å². The molecule has 0 spiro atoms. The molecule has 2 aliphatic heterocycles. The van der Waals surface area contributed by atoms with Gasteiger partial charge in [-0.2, -0.15) is 5.10 Å². The number of rotatable bonds is 9.